The van der Waals surface area contributed by atoms with Crippen LogP contribution in [-0.4, -0.2) is 16.1 Å². The van der Waals surface area contributed by atoms with Gasteiger partial charge in [-0.3, -0.25) is 5.43 Å². The summed E-state index contributed by atoms with van der Waals surface area (Å²) in [6, 6.07) is 9.48. The van der Waals surface area contributed by atoms with E-state index in [1.165, 1.54) is 12.3 Å². The highest BCUT2D eigenvalue weighted by Crippen LogP contribution is 2.25. The lowest BCUT2D eigenvalue weighted by Crippen LogP contribution is -2.31. The lowest BCUT2D eigenvalue weighted by atomic mass is 10.1. The normalized spacial score (nSPS) is 11.5. The number of ether oxygens (including phenoxy) is 1. The lowest BCUT2D eigenvalue weighted by Gasteiger charge is -2.11. The van der Waals surface area contributed by atoms with E-state index in [9.17, 15) is 9.18 Å². The van der Waals surface area contributed by atoms with Gasteiger partial charge < -0.3 is 15.6 Å². The third-order valence-corrected chi connectivity index (χ3v) is 2.73. The molecule has 0 aliphatic heterocycles. The molecular formula is C14H13FN4O3. The Hall–Kier alpha value is -3.13. The molecule has 0 aliphatic rings. The largest absolute Gasteiger partial charge is 0.476 e. The van der Waals surface area contributed by atoms with E-state index < -0.39 is 17.6 Å². The number of nitrogens with zero attached hydrogens (tertiary/aromatic N) is 1. The molecule has 0 saturated carbocycles. The summed E-state index contributed by atoms with van der Waals surface area (Å²) < 4.78 is 19.0. The molecular weight excluding hydrogens is 291 g/mol. The summed E-state index contributed by atoms with van der Waals surface area (Å²) in [6.45, 7) is 0. The van der Waals surface area contributed by atoms with Crippen LogP contribution in [0.2, 0.25) is 0 Å². The van der Waals surface area contributed by atoms with Crippen LogP contribution in [0.25, 0.3) is 11.1 Å². The fraction of sp³-hybridized carbons (Fsp3) is 0. The number of hydrogen-bond acceptors (Lipinski definition) is 6. The molecule has 0 unspecified atom stereocenters. The molecule has 114 valence electrons. The maximum atomic E-state index is 13.7. The van der Waals surface area contributed by atoms with Crippen LogP contribution < -0.4 is 21.7 Å². The molecule has 0 fully saturated rings. The van der Waals surface area contributed by atoms with Gasteiger partial charge in [0.05, 0.1) is 0 Å². The van der Waals surface area contributed by atoms with Crippen molar-refractivity contribution in [3.05, 3.63) is 60.1 Å². The Balaban J connectivity index is 2.35. The predicted octanol–water partition coefficient (Wildman–Crippen LogP) is 0.942. The Morgan fingerprint density at radius 3 is 2.73 bits per heavy atom. The number of aromatic nitrogens is 1. The van der Waals surface area contributed by atoms with Gasteiger partial charge in [0.15, 0.2) is 5.70 Å². The van der Waals surface area contributed by atoms with E-state index in [1.54, 1.807) is 30.3 Å². The number of hydrogen-bond donors (Lipinski definition) is 4. The highest BCUT2D eigenvalue weighted by molar-refractivity contribution is 5.85. The number of carboxylic acids is 1. The Morgan fingerprint density at radius 1 is 1.32 bits per heavy atom. The SMILES string of the molecule is NN/C(Oc1cccc(-c2cccnc2F)c1)=C(\N)C(=O)O. The predicted molar refractivity (Wildman–Crippen MR) is 76.4 cm³/mol. The van der Waals surface area contributed by atoms with Crippen LogP contribution in [0.3, 0.4) is 0 Å². The number of hydrazine groups is 1. The molecule has 7 nitrogen and oxygen atoms in total. The zero-order valence-corrected chi connectivity index (χ0v) is 11.3. The zero-order chi connectivity index (χ0) is 16.1. The molecule has 6 N–H and O–H groups in total. The Bertz CT molecular complexity index is 734. The number of carbonyl (C=O) groups is 1. The second kappa shape index (κ2) is 6.55. The monoisotopic (exact) mass is 304 g/mol. The molecule has 0 atom stereocenters. The van der Waals surface area contributed by atoms with Crippen molar-refractivity contribution in [3.63, 3.8) is 0 Å². The number of pyridine rings is 1. The smallest absolute Gasteiger partial charge is 0.357 e. The van der Waals surface area contributed by atoms with Gasteiger partial charge in [0, 0.05) is 11.8 Å². The van der Waals surface area contributed by atoms with E-state index in [-0.39, 0.29) is 17.2 Å². The van der Waals surface area contributed by atoms with Crippen LogP contribution in [0, 0.1) is 5.95 Å². The first-order valence-corrected chi connectivity index (χ1v) is 6.11. The van der Waals surface area contributed by atoms with E-state index in [2.05, 4.69) is 10.4 Å². The summed E-state index contributed by atoms with van der Waals surface area (Å²) in [7, 11) is 0. The average molecular weight is 304 g/mol. The summed E-state index contributed by atoms with van der Waals surface area (Å²) in [4.78, 5) is 14.4. The van der Waals surface area contributed by atoms with Crippen LogP contribution in [0.15, 0.2) is 54.2 Å². The molecule has 2 aromatic rings. The van der Waals surface area contributed by atoms with Crippen molar-refractivity contribution in [2.45, 2.75) is 0 Å². The molecule has 2 rings (SSSR count). The fourth-order valence-electron chi connectivity index (χ4n) is 1.71. The molecule has 1 aromatic carbocycles. The van der Waals surface area contributed by atoms with E-state index in [0.29, 0.717) is 5.56 Å². The van der Waals surface area contributed by atoms with E-state index in [4.69, 9.17) is 21.4 Å². The minimum atomic E-state index is -1.39. The van der Waals surface area contributed by atoms with Crippen LogP contribution in [0.1, 0.15) is 0 Å². The van der Waals surface area contributed by atoms with Crippen LogP contribution in [-0.2, 0) is 4.79 Å². The third kappa shape index (κ3) is 3.30. The number of rotatable bonds is 5. The number of aliphatic carboxylic acids is 1. The summed E-state index contributed by atoms with van der Waals surface area (Å²) in [5.74, 6) is 3.08. The molecule has 0 radical (unpaired) electrons. The van der Waals surface area contributed by atoms with Crippen molar-refractivity contribution in [3.8, 4) is 16.9 Å². The third-order valence-electron chi connectivity index (χ3n) is 2.73. The van der Waals surface area contributed by atoms with Crippen molar-refractivity contribution in [1.29, 1.82) is 0 Å². The molecule has 0 spiro atoms. The van der Waals surface area contributed by atoms with Crippen LogP contribution in [0.4, 0.5) is 4.39 Å². The molecule has 8 heteroatoms. The minimum absolute atomic E-state index is 0.234. The molecule has 22 heavy (non-hydrogen) atoms. The molecule has 0 amide bonds. The van der Waals surface area contributed by atoms with Crippen molar-refractivity contribution >= 4 is 5.97 Å². The van der Waals surface area contributed by atoms with Gasteiger partial charge in [0.1, 0.15) is 5.75 Å². The molecule has 0 aliphatic carbocycles. The average Bonchev–Trinajstić information content (AvgIpc) is 2.52. The Labute approximate surface area is 125 Å². The molecule has 0 bridgehead atoms. The minimum Gasteiger partial charge on any atom is -0.476 e. The quantitative estimate of drug-likeness (QED) is 0.213. The van der Waals surface area contributed by atoms with Crippen molar-refractivity contribution in [1.82, 2.24) is 10.4 Å². The first-order valence-electron chi connectivity index (χ1n) is 6.11. The van der Waals surface area contributed by atoms with Gasteiger partial charge in [0.25, 0.3) is 0 Å². The van der Waals surface area contributed by atoms with E-state index in [1.807, 2.05) is 0 Å². The Kier molecular flexibility index (Phi) is 4.54. The summed E-state index contributed by atoms with van der Waals surface area (Å²) in [6.07, 6.45) is 1.34. The maximum Gasteiger partial charge on any atom is 0.357 e. The molecule has 1 heterocycles. The van der Waals surface area contributed by atoms with Crippen LogP contribution in [0.5, 0.6) is 5.75 Å². The van der Waals surface area contributed by atoms with E-state index >= 15 is 0 Å². The van der Waals surface area contributed by atoms with Crippen molar-refractivity contribution in [2.24, 2.45) is 11.6 Å². The highest BCUT2D eigenvalue weighted by Gasteiger charge is 2.13. The van der Waals surface area contributed by atoms with Gasteiger partial charge in [-0.15, -0.1) is 0 Å². The number of carboxylic acid groups (broad SMARTS) is 1. The fourth-order valence-corrected chi connectivity index (χ4v) is 1.71. The number of halogens is 1. The highest BCUT2D eigenvalue weighted by atomic mass is 19.1. The van der Waals surface area contributed by atoms with Gasteiger partial charge in [-0.25, -0.2) is 15.6 Å². The van der Waals surface area contributed by atoms with Crippen LogP contribution >= 0.6 is 0 Å². The second-order valence-electron chi connectivity index (χ2n) is 4.16. The number of benzene rings is 1. The maximum absolute atomic E-state index is 13.7. The van der Waals surface area contributed by atoms with Gasteiger partial charge in [-0.05, 0) is 29.8 Å². The number of nitrogens with one attached hydrogen (secondary N) is 1. The van der Waals surface area contributed by atoms with Crippen molar-refractivity contribution < 1.29 is 19.0 Å². The summed E-state index contributed by atoms with van der Waals surface area (Å²) >= 11 is 0. The summed E-state index contributed by atoms with van der Waals surface area (Å²) in [5.41, 5.74) is 7.61. The standard InChI is InChI=1S/C14H13FN4O3/c15-12-10(5-2-6-18-12)8-3-1-4-9(7-8)22-13(19-17)11(16)14(20)21/h1-7,19H,16-17H2,(H,20,21)/b13-11+. The van der Waals surface area contributed by atoms with Crippen molar-refractivity contribution in [2.75, 3.05) is 0 Å². The van der Waals surface area contributed by atoms with Gasteiger partial charge >= 0.3 is 5.97 Å². The lowest BCUT2D eigenvalue weighted by molar-refractivity contribution is -0.132. The molecule has 1 aromatic heterocycles. The van der Waals surface area contributed by atoms with Gasteiger partial charge in [0.2, 0.25) is 11.8 Å². The van der Waals surface area contributed by atoms with E-state index in [0.717, 1.165) is 0 Å². The topological polar surface area (TPSA) is 123 Å². The zero-order valence-electron chi connectivity index (χ0n) is 11.3. The second-order valence-corrected chi connectivity index (χ2v) is 4.16. The molecule has 0 saturated heterocycles. The first-order chi connectivity index (χ1) is 10.5. The number of nitrogens with two attached hydrogens (primary N) is 2. The Morgan fingerprint density at radius 2 is 2.09 bits per heavy atom. The summed E-state index contributed by atoms with van der Waals surface area (Å²) in [5, 5.41) is 8.81. The van der Waals surface area contributed by atoms with Gasteiger partial charge in [-0.1, -0.05) is 12.1 Å². The van der Waals surface area contributed by atoms with Gasteiger partial charge in [-0.2, -0.15) is 4.39 Å². The first kappa shape index (κ1) is 15.3.